The highest BCUT2D eigenvalue weighted by molar-refractivity contribution is 5.33. The zero-order valence-corrected chi connectivity index (χ0v) is 16.4. The maximum Gasteiger partial charge on any atom is 0.160 e. The van der Waals surface area contributed by atoms with Crippen molar-refractivity contribution in [3.8, 4) is 5.82 Å². The summed E-state index contributed by atoms with van der Waals surface area (Å²) in [5.41, 5.74) is 2.17. The van der Waals surface area contributed by atoms with Crippen molar-refractivity contribution in [1.82, 2.24) is 24.4 Å². The average molecular weight is 379 g/mol. The van der Waals surface area contributed by atoms with Crippen LogP contribution in [0.3, 0.4) is 0 Å². The fourth-order valence-corrected chi connectivity index (χ4v) is 4.01. The van der Waals surface area contributed by atoms with E-state index in [4.69, 9.17) is 4.98 Å². The van der Waals surface area contributed by atoms with Crippen LogP contribution in [0.4, 0.5) is 4.39 Å². The van der Waals surface area contributed by atoms with Crippen LogP contribution in [0.1, 0.15) is 55.6 Å². The van der Waals surface area contributed by atoms with Gasteiger partial charge in [0.05, 0.1) is 5.69 Å². The smallest absolute Gasteiger partial charge is 0.160 e. The lowest BCUT2D eigenvalue weighted by Crippen LogP contribution is -2.34. The number of hydrogen-bond donors (Lipinski definition) is 0. The minimum Gasteiger partial charge on any atom is -0.298 e. The monoisotopic (exact) mass is 379 g/mol. The molecule has 0 amide bonds. The van der Waals surface area contributed by atoms with Crippen LogP contribution in [0.15, 0.2) is 49.1 Å². The van der Waals surface area contributed by atoms with E-state index in [1.807, 2.05) is 24.5 Å². The molecule has 1 atom stereocenters. The second-order valence-electron chi connectivity index (χ2n) is 7.78. The lowest BCUT2D eigenvalue weighted by atomic mass is 9.93. The molecule has 0 aliphatic carbocycles. The maximum absolute atomic E-state index is 13.2. The van der Waals surface area contributed by atoms with Gasteiger partial charge in [-0.3, -0.25) is 14.5 Å². The van der Waals surface area contributed by atoms with E-state index in [9.17, 15) is 4.39 Å². The summed E-state index contributed by atoms with van der Waals surface area (Å²) in [7, 11) is 0. The third-order valence-corrected chi connectivity index (χ3v) is 5.33. The van der Waals surface area contributed by atoms with Gasteiger partial charge in [-0.15, -0.1) is 0 Å². The van der Waals surface area contributed by atoms with Gasteiger partial charge in [-0.1, -0.05) is 26.0 Å². The van der Waals surface area contributed by atoms with E-state index in [-0.39, 0.29) is 5.82 Å². The van der Waals surface area contributed by atoms with Crippen molar-refractivity contribution in [2.45, 2.75) is 45.1 Å². The molecule has 0 spiro atoms. The fourth-order valence-electron chi connectivity index (χ4n) is 4.01. The number of halogens is 1. The van der Waals surface area contributed by atoms with Crippen LogP contribution < -0.4 is 0 Å². The SMILES string of the molecule is CC(C)c1nccn1-c1nccnc1[C@H]1CCCN(Cc2ccc(F)cc2)C1. The van der Waals surface area contributed by atoms with Crippen LogP contribution in [-0.2, 0) is 6.54 Å². The first-order valence-electron chi connectivity index (χ1n) is 9.93. The molecule has 4 rings (SSSR count). The number of hydrogen-bond acceptors (Lipinski definition) is 4. The molecule has 0 bridgehead atoms. The minimum atomic E-state index is -0.189. The van der Waals surface area contributed by atoms with Crippen molar-refractivity contribution in [3.63, 3.8) is 0 Å². The van der Waals surface area contributed by atoms with Gasteiger partial charge in [-0.2, -0.15) is 0 Å². The topological polar surface area (TPSA) is 46.8 Å². The summed E-state index contributed by atoms with van der Waals surface area (Å²) in [6.07, 6.45) is 9.55. The summed E-state index contributed by atoms with van der Waals surface area (Å²) in [4.78, 5) is 16.3. The highest BCUT2D eigenvalue weighted by Gasteiger charge is 2.26. The second kappa shape index (κ2) is 8.19. The standard InChI is InChI=1S/C22H26FN5/c1-16(2)21-26-11-13-28(21)22-20(24-9-10-25-22)18-4-3-12-27(15-18)14-17-5-7-19(23)8-6-17/h5-11,13,16,18H,3-4,12,14-15H2,1-2H3/t18-/m0/s1. The summed E-state index contributed by atoms with van der Waals surface area (Å²) in [5, 5.41) is 0. The first-order valence-corrected chi connectivity index (χ1v) is 9.93. The minimum absolute atomic E-state index is 0.189. The number of nitrogens with zero attached hydrogens (tertiary/aromatic N) is 5. The quantitative estimate of drug-likeness (QED) is 0.663. The number of aromatic nitrogens is 4. The molecule has 6 heteroatoms. The number of piperidine rings is 1. The first kappa shape index (κ1) is 18.7. The second-order valence-corrected chi connectivity index (χ2v) is 7.78. The van der Waals surface area contributed by atoms with E-state index in [2.05, 4.69) is 33.3 Å². The number of benzene rings is 1. The highest BCUT2D eigenvalue weighted by Crippen LogP contribution is 2.30. The zero-order valence-electron chi connectivity index (χ0n) is 16.4. The van der Waals surface area contributed by atoms with Crippen LogP contribution in [0.5, 0.6) is 0 Å². The molecular weight excluding hydrogens is 353 g/mol. The van der Waals surface area contributed by atoms with Gasteiger partial charge in [0.15, 0.2) is 5.82 Å². The van der Waals surface area contributed by atoms with E-state index >= 15 is 0 Å². The Morgan fingerprint density at radius 1 is 1.07 bits per heavy atom. The van der Waals surface area contributed by atoms with E-state index in [1.54, 1.807) is 12.4 Å². The van der Waals surface area contributed by atoms with Gasteiger partial charge in [-0.25, -0.2) is 14.4 Å². The van der Waals surface area contributed by atoms with Crippen molar-refractivity contribution in [2.75, 3.05) is 13.1 Å². The predicted octanol–water partition coefficient (Wildman–Crippen LogP) is 4.30. The Morgan fingerprint density at radius 3 is 2.64 bits per heavy atom. The summed E-state index contributed by atoms with van der Waals surface area (Å²) in [6, 6.07) is 6.80. The molecule has 1 saturated heterocycles. The fraction of sp³-hybridized carbons (Fsp3) is 0.409. The van der Waals surface area contributed by atoms with Gasteiger partial charge >= 0.3 is 0 Å². The van der Waals surface area contributed by atoms with Crippen LogP contribution in [0.2, 0.25) is 0 Å². The molecule has 3 heterocycles. The number of likely N-dealkylation sites (tertiary alicyclic amines) is 1. The lowest BCUT2D eigenvalue weighted by Gasteiger charge is -2.33. The van der Waals surface area contributed by atoms with Crippen molar-refractivity contribution in [1.29, 1.82) is 0 Å². The Balaban J connectivity index is 1.57. The molecular formula is C22H26FN5. The number of rotatable bonds is 5. The van der Waals surface area contributed by atoms with Gasteiger partial charge in [0.25, 0.3) is 0 Å². The summed E-state index contributed by atoms with van der Waals surface area (Å²) in [5.74, 6) is 2.33. The third kappa shape index (κ3) is 3.97. The van der Waals surface area contributed by atoms with Gasteiger partial charge < -0.3 is 0 Å². The van der Waals surface area contributed by atoms with Gasteiger partial charge in [0.2, 0.25) is 0 Å². The molecule has 28 heavy (non-hydrogen) atoms. The van der Waals surface area contributed by atoms with Crippen LogP contribution in [0.25, 0.3) is 5.82 Å². The molecule has 0 saturated carbocycles. The zero-order chi connectivity index (χ0) is 19.5. The van der Waals surface area contributed by atoms with E-state index < -0.39 is 0 Å². The van der Waals surface area contributed by atoms with Crippen LogP contribution in [0, 0.1) is 5.82 Å². The van der Waals surface area contributed by atoms with Crippen LogP contribution >= 0.6 is 0 Å². The Morgan fingerprint density at radius 2 is 1.86 bits per heavy atom. The largest absolute Gasteiger partial charge is 0.298 e. The summed E-state index contributed by atoms with van der Waals surface area (Å²) in [6.45, 7) is 7.08. The molecule has 0 unspecified atom stereocenters. The molecule has 5 nitrogen and oxygen atoms in total. The Hall–Kier alpha value is -2.60. The van der Waals surface area contributed by atoms with Gasteiger partial charge in [0.1, 0.15) is 11.6 Å². The Kier molecular flexibility index (Phi) is 5.48. The normalized spacial score (nSPS) is 17.9. The molecule has 0 N–H and O–H groups in total. The Labute approximate surface area is 165 Å². The molecule has 1 aliphatic heterocycles. The first-order chi connectivity index (χ1) is 13.6. The van der Waals surface area contributed by atoms with E-state index in [0.717, 1.165) is 55.4 Å². The van der Waals surface area contributed by atoms with Crippen molar-refractivity contribution >= 4 is 0 Å². The van der Waals surface area contributed by atoms with E-state index in [0.29, 0.717) is 11.8 Å². The highest BCUT2D eigenvalue weighted by atomic mass is 19.1. The van der Waals surface area contributed by atoms with Crippen molar-refractivity contribution in [2.24, 2.45) is 0 Å². The summed E-state index contributed by atoms with van der Waals surface area (Å²) >= 11 is 0. The van der Waals surface area contributed by atoms with Gasteiger partial charge in [-0.05, 0) is 37.1 Å². The van der Waals surface area contributed by atoms with Crippen LogP contribution in [-0.4, -0.2) is 37.5 Å². The summed E-state index contributed by atoms with van der Waals surface area (Å²) < 4.78 is 15.3. The number of imidazole rings is 1. The molecule has 2 aromatic heterocycles. The predicted molar refractivity (Wildman–Crippen MR) is 107 cm³/mol. The Bertz CT molecular complexity index is 919. The van der Waals surface area contributed by atoms with Gasteiger partial charge in [0, 0.05) is 49.7 Å². The molecule has 1 aromatic carbocycles. The molecule has 146 valence electrons. The molecule has 1 fully saturated rings. The molecule has 0 radical (unpaired) electrons. The maximum atomic E-state index is 13.2. The van der Waals surface area contributed by atoms with E-state index in [1.165, 1.54) is 12.1 Å². The lowest BCUT2D eigenvalue weighted by molar-refractivity contribution is 0.198. The molecule has 3 aromatic rings. The third-order valence-electron chi connectivity index (χ3n) is 5.33. The average Bonchev–Trinajstić information content (AvgIpc) is 3.20. The van der Waals surface area contributed by atoms with Crippen molar-refractivity contribution in [3.05, 3.63) is 72.0 Å². The van der Waals surface area contributed by atoms with Crippen molar-refractivity contribution < 1.29 is 4.39 Å². The molecule has 1 aliphatic rings.